The van der Waals surface area contributed by atoms with Crippen molar-refractivity contribution in [1.29, 1.82) is 0 Å². The molecular formula is C40H42FN9O3. The number of ether oxygens (including phenoxy) is 1. The molecule has 6 heterocycles. The highest BCUT2D eigenvalue weighted by Crippen LogP contribution is 2.43. The lowest BCUT2D eigenvalue weighted by molar-refractivity contribution is 0.0227. The summed E-state index contributed by atoms with van der Waals surface area (Å²) in [6.07, 6.45) is 5.54. The molecule has 0 unspecified atom stereocenters. The van der Waals surface area contributed by atoms with E-state index in [2.05, 4.69) is 16.0 Å². The van der Waals surface area contributed by atoms with Crippen LogP contribution in [0.4, 0.5) is 4.39 Å². The van der Waals surface area contributed by atoms with E-state index in [1.54, 1.807) is 18.1 Å². The number of nitrogens with zero attached hydrogens (tertiary/aromatic N) is 7. The summed E-state index contributed by atoms with van der Waals surface area (Å²) in [5.41, 5.74) is 12.2. The Morgan fingerprint density at radius 1 is 0.943 bits per heavy atom. The molecule has 3 atom stereocenters. The summed E-state index contributed by atoms with van der Waals surface area (Å²) >= 11 is 0. The van der Waals surface area contributed by atoms with Crippen LogP contribution in [0.2, 0.25) is 0 Å². The number of amides is 2. The highest BCUT2D eigenvalue weighted by atomic mass is 19.1. The van der Waals surface area contributed by atoms with Gasteiger partial charge in [-0.05, 0) is 87.9 Å². The third-order valence-corrected chi connectivity index (χ3v) is 11.0. The molecule has 2 amide bonds. The summed E-state index contributed by atoms with van der Waals surface area (Å²) < 4.78 is 25.9. The van der Waals surface area contributed by atoms with Gasteiger partial charge in [-0.3, -0.25) is 9.59 Å². The fourth-order valence-electron chi connectivity index (χ4n) is 8.06. The number of carbonyl (C=O) groups is 2. The van der Waals surface area contributed by atoms with Gasteiger partial charge in [-0.25, -0.2) is 24.3 Å². The van der Waals surface area contributed by atoms with E-state index in [1.807, 2.05) is 47.9 Å². The van der Waals surface area contributed by atoms with Gasteiger partial charge in [0.05, 0.1) is 45.8 Å². The molecule has 3 aliphatic rings. The Kier molecular flexibility index (Phi) is 8.42. The fraction of sp³-hybridized carbons (Fsp3) is 0.400. The van der Waals surface area contributed by atoms with Gasteiger partial charge >= 0.3 is 0 Å². The highest BCUT2D eigenvalue weighted by Gasteiger charge is 2.34. The summed E-state index contributed by atoms with van der Waals surface area (Å²) in [5.74, 6) is -0.348. The molecule has 2 bridgehead atoms. The first-order valence-electron chi connectivity index (χ1n) is 18.6. The number of piperidine rings is 1. The number of aryl methyl sites for hydroxylation is 2. The Balaban J connectivity index is 1.10. The van der Waals surface area contributed by atoms with Crippen LogP contribution in [-0.2, 0) is 17.7 Å². The number of rotatable bonds is 4. The number of fused-ring (bicyclic) bond motifs is 4. The predicted molar refractivity (Wildman–Crippen MR) is 199 cm³/mol. The number of likely N-dealkylation sites (tertiary alicyclic amines) is 1. The molecule has 9 rings (SSSR count). The van der Waals surface area contributed by atoms with E-state index < -0.39 is 11.9 Å². The standard InChI is InChI=1S/C40H42FN9O3/c1-22-28-14-11-23-20-33(49(37(23)46-28)16-7-3-4-10-31-35(39(51)43-22)45-30-9-6-5-8-29(30)44-31)38-47-32-19-24(18-26(41)36(32)50(38)25-12-13-25)40(52)48-17-15-34(53-2)27(42)21-48/h5-6,8-9,11,14,18-20,22,25,27,34H,3-4,7,10,12-13,15-17,21,42H2,1-2H3,(H,43,51)/t22-,27+,34-/m1/s1. The predicted octanol–water partition coefficient (Wildman–Crippen LogP) is 5.88. The number of imidazole rings is 1. The van der Waals surface area contributed by atoms with Crippen molar-refractivity contribution in [3.63, 3.8) is 0 Å². The van der Waals surface area contributed by atoms with Gasteiger partial charge in [-0.1, -0.05) is 18.6 Å². The van der Waals surface area contributed by atoms with Crippen molar-refractivity contribution >= 4 is 44.9 Å². The summed E-state index contributed by atoms with van der Waals surface area (Å²) in [5, 5.41) is 4.05. The summed E-state index contributed by atoms with van der Waals surface area (Å²) in [4.78, 5) is 48.8. The molecule has 0 spiro atoms. The Morgan fingerprint density at radius 2 is 1.75 bits per heavy atom. The van der Waals surface area contributed by atoms with E-state index in [-0.39, 0.29) is 35.6 Å². The number of methoxy groups -OCH3 is 1. The van der Waals surface area contributed by atoms with Gasteiger partial charge in [-0.2, -0.15) is 0 Å². The van der Waals surface area contributed by atoms with E-state index >= 15 is 4.39 Å². The molecule has 2 aromatic carbocycles. The maximum absolute atomic E-state index is 16.2. The molecule has 0 radical (unpaired) electrons. The van der Waals surface area contributed by atoms with Gasteiger partial charge in [0.2, 0.25) is 0 Å². The Bertz CT molecular complexity index is 2420. The van der Waals surface area contributed by atoms with Crippen LogP contribution in [0.5, 0.6) is 0 Å². The second-order valence-electron chi connectivity index (χ2n) is 14.7. The molecule has 1 aliphatic carbocycles. The molecule has 1 saturated carbocycles. The monoisotopic (exact) mass is 715 g/mol. The molecule has 53 heavy (non-hydrogen) atoms. The smallest absolute Gasteiger partial charge is 0.272 e. The van der Waals surface area contributed by atoms with E-state index in [1.165, 1.54) is 6.07 Å². The molecule has 13 heteroatoms. The number of para-hydroxylation sites is 2. The molecule has 3 N–H and O–H groups in total. The van der Waals surface area contributed by atoms with Gasteiger partial charge in [0.1, 0.15) is 22.7 Å². The maximum atomic E-state index is 16.2. The van der Waals surface area contributed by atoms with Crippen LogP contribution in [0.15, 0.2) is 54.6 Å². The molecule has 2 aliphatic heterocycles. The summed E-state index contributed by atoms with van der Waals surface area (Å²) in [6, 6.07) is 16.1. The minimum absolute atomic E-state index is 0.109. The van der Waals surface area contributed by atoms with Crippen LogP contribution in [0.3, 0.4) is 0 Å². The first-order valence-corrected chi connectivity index (χ1v) is 18.6. The Labute approximate surface area is 305 Å². The van der Waals surface area contributed by atoms with Crippen LogP contribution in [0, 0.1) is 5.82 Å². The third kappa shape index (κ3) is 6.01. The number of hydrogen-bond acceptors (Lipinski definition) is 8. The number of nitrogens with one attached hydrogen (secondary N) is 1. The first-order chi connectivity index (χ1) is 25.8. The Morgan fingerprint density at radius 3 is 2.53 bits per heavy atom. The van der Waals surface area contributed by atoms with Crippen LogP contribution < -0.4 is 11.1 Å². The van der Waals surface area contributed by atoms with E-state index in [0.717, 1.165) is 54.3 Å². The van der Waals surface area contributed by atoms with Crippen molar-refractivity contribution in [3.8, 4) is 11.5 Å². The van der Waals surface area contributed by atoms with E-state index in [9.17, 15) is 9.59 Å². The lowest BCUT2D eigenvalue weighted by Gasteiger charge is -2.35. The largest absolute Gasteiger partial charge is 0.380 e. The number of pyridine rings is 1. The molecule has 272 valence electrons. The number of carbonyl (C=O) groups excluding carboxylic acids is 2. The SMILES string of the molecule is CO[C@@H]1CCN(C(=O)c2cc(F)c3c(c2)nc(-c2cc4ccc5nc4n2CCCCCc2nc4ccccc4nc2C(=O)N[C@@H]5C)n3C2CC2)C[C@@H]1N. The zero-order valence-electron chi connectivity index (χ0n) is 29.9. The quantitative estimate of drug-likeness (QED) is 0.230. The van der Waals surface area contributed by atoms with E-state index in [0.29, 0.717) is 71.9 Å². The molecule has 1 saturated heterocycles. The van der Waals surface area contributed by atoms with Crippen LogP contribution in [-0.4, -0.2) is 78.1 Å². The Hall–Kier alpha value is -5.27. The van der Waals surface area contributed by atoms with Crippen LogP contribution in [0.1, 0.15) is 89.8 Å². The van der Waals surface area contributed by atoms with Gasteiger partial charge in [-0.15, -0.1) is 0 Å². The van der Waals surface area contributed by atoms with Gasteiger partial charge in [0.15, 0.2) is 5.82 Å². The van der Waals surface area contributed by atoms with Crippen LogP contribution >= 0.6 is 0 Å². The first kappa shape index (κ1) is 33.6. The van der Waals surface area contributed by atoms with Gasteiger partial charge in [0.25, 0.3) is 11.8 Å². The van der Waals surface area contributed by atoms with Crippen molar-refractivity contribution in [2.45, 2.75) is 82.6 Å². The number of aromatic nitrogens is 6. The zero-order valence-corrected chi connectivity index (χ0v) is 29.9. The van der Waals surface area contributed by atoms with Crippen molar-refractivity contribution in [2.75, 3.05) is 20.2 Å². The molecule has 4 aromatic heterocycles. The lowest BCUT2D eigenvalue weighted by atomic mass is 10.0. The number of halogens is 1. The minimum Gasteiger partial charge on any atom is -0.380 e. The lowest BCUT2D eigenvalue weighted by Crippen LogP contribution is -2.53. The normalized spacial score (nSPS) is 21.2. The number of nitrogens with two attached hydrogens (primary N) is 1. The molecule has 12 nitrogen and oxygen atoms in total. The second kappa shape index (κ2) is 13.3. The highest BCUT2D eigenvalue weighted by molar-refractivity contribution is 5.99. The van der Waals surface area contributed by atoms with Crippen molar-refractivity contribution in [1.82, 2.24) is 39.3 Å². The van der Waals surface area contributed by atoms with Gasteiger partial charge < -0.3 is 29.8 Å². The third-order valence-electron chi connectivity index (χ3n) is 11.0. The molecule has 6 aromatic rings. The fourth-order valence-corrected chi connectivity index (χ4v) is 8.06. The van der Waals surface area contributed by atoms with Crippen molar-refractivity contribution in [3.05, 3.63) is 83.1 Å². The topological polar surface area (TPSA) is 146 Å². The second-order valence-corrected chi connectivity index (χ2v) is 14.7. The number of hydrogen-bond donors (Lipinski definition) is 2. The summed E-state index contributed by atoms with van der Waals surface area (Å²) in [7, 11) is 1.63. The number of benzene rings is 2. The van der Waals surface area contributed by atoms with Crippen molar-refractivity contribution < 1.29 is 18.7 Å². The van der Waals surface area contributed by atoms with Crippen molar-refractivity contribution in [2.24, 2.45) is 5.73 Å². The van der Waals surface area contributed by atoms with E-state index in [4.69, 9.17) is 30.4 Å². The maximum Gasteiger partial charge on any atom is 0.272 e. The van der Waals surface area contributed by atoms with Gasteiger partial charge in [0, 0.05) is 49.8 Å². The average Bonchev–Trinajstić information content (AvgIpc) is 3.83. The molecular weight excluding hydrogens is 673 g/mol. The summed E-state index contributed by atoms with van der Waals surface area (Å²) in [6.45, 7) is 3.42. The molecule has 2 fully saturated rings. The zero-order chi connectivity index (χ0) is 36.4. The average molecular weight is 716 g/mol. The minimum atomic E-state index is -0.467. The van der Waals surface area contributed by atoms with Crippen LogP contribution in [0.25, 0.3) is 44.6 Å².